The van der Waals surface area contributed by atoms with Crippen molar-refractivity contribution in [3.05, 3.63) is 109 Å². The lowest BCUT2D eigenvalue weighted by molar-refractivity contribution is -0.332. The number of allylic oxidation sites excluding steroid dienone is 18. The minimum Gasteiger partial charge on any atom is -0.462 e. The Morgan fingerprint density at radius 3 is 1.52 bits per heavy atom. The van der Waals surface area contributed by atoms with Crippen LogP contribution in [0.1, 0.15) is 110 Å². The van der Waals surface area contributed by atoms with E-state index in [0.29, 0.717) is 19.3 Å². The normalized spacial score (nSPS) is 26.9. The molecule has 0 spiro atoms. The first kappa shape index (κ1) is 59.3. The van der Waals surface area contributed by atoms with Crippen LogP contribution >= 0.6 is 0 Å². The van der Waals surface area contributed by atoms with Gasteiger partial charge in [0, 0.05) is 12.8 Å². The number of ether oxygens (including phenoxy) is 6. The Morgan fingerprint density at radius 1 is 0.493 bits per heavy atom. The third-order valence-electron chi connectivity index (χ3n) is 10.7. The fraction of sp³-hybridized carbons (Fsp3) is 0.615. The third-order valence-corrected chi connectivity index (χ3v) is 10.7. The summed E-state index contributed by atoms with van der Waals surface area (Å²) in [4.78, 5) is 25.7. The average molecular weight is 945 g/mol. The summed E-state index contributed by atoms with van der Waals surface area (Å²) in [5.74, 6) is -1.05. The van der Waals surface area contributed by atoms with Crippen molar-refractivity contribution in [1.29, 1.82) is 0 Å². The molecule has 378 valence electrons. The zero-order valence-corrected chi connectivity index (χ0v) is 39.6. The number of carbonyl (C=O) groups excluding carboxylic acids is 2. The van der Waals surface area contributed by atoms with Crippen LogP contribution in [0.15, 0.2) is 109 Å². The van der Waals surface area contributed by atoms with Gasteiger partial charge in [0.1, 0.15) is 55.4 Å². The second-order valence-corrected chi connectivity index (χ2v) is 16.4. The lowest BCUT2D eigenvalue weighted by atomic mass is 9.98. The molecule has 67 heavy (non-hydrogen) atoms. The van der Waals surface area contributed by atoms with Crippen LogP contribution in [0.2, 0.25) is 0 Å². The highest BCUT2D eigenvalue weighted by atomic mass is 16.7. The van der Waals surface area contributed by atoms with Crippen LogP contribution in [0, 0.1) is 0 Å². The summed E-state index contributed by atoms with van der Waals surface area (Å²) in [5, 5.41) is 72.0. The van der Waals surface area contributed by atoms with Gasteiger partial charge in [0.15, 0.2) is 18.7 Å². The molecule has 0 radical (unpaired) electrons. The zero-order valence-electron chi connectivity index (χ0n) is 39.6. The van der Waals surface area contributed by atoms with E-state index >= 15 is 0 Å². The number of esters is 2. The van der Waals surface area contributed by atoms with Gasteiger partial charge in [0.25, 0.3) is 0 Å². The number of carbonyl (C=O) groups is 2. The average Bonchev–Trinajstić information content (AvgIpc) is 3.32. The van der Waals surface area contributed by atoms with Crippen LogP contribution in [0.4, 0.5) is 0 Å². The molecule has 2 saturated heterocycles. The van der Waals surface area contributed by atoms with Gasteiger partial charge in [-0.1, -0.05) is 155 Å². The smallest absolute Gasteiger partial charge is 0.306 e. The van der Waals surface area contributed by atoms with Crippen molar-refractivity contribution in [2.75, 3.05) is 26.4 Å². The Kier molecular flexibility index (Phi) is 33.7. The predicted molar refractivity (Wildman–Crippen MR) is 256 cm³/mol. The molecule has 15 nitrogen and oxygen atoms in total. The fourth-order valence-corrected chi connectivity index (χ4v) is 6.73. The van der Waals surface area contributed by atoms with Crippen molar-refractivity contribution in [2.45, 2.75) is 178 Å². The summed E-state index contributed by atoms with van der Waals surface area (Å²) in [6.45, 7) is 2.26. The monoisotopic (exact) mass is 945 g/mol. The lowest BCUT2D eigenvalue weighted by Gasteiger charge is -2.42. The van der Waals surface area contributed by atoms with Crippen LogP contribution in [0.25, 0.3) is 0 Å². The summed E-state index contributed by atoms with van der Waals surface area (Å²) >= 11 is 0. The van der Waals surface area contributed by atoms with Crippen LogP contribution in [0.3, 0.4) is 0 Å². The molecule has 2 heterocycles. The van der Waals surface area contributed by atoms with E-state index in [1.807, 2.05) is 85.1 Å². The third kappa shape index (κ3) is 26.5. The van der Waals surface area contributed by atoms with E-state index in [1.165, 1.54) is 19.3 Å². The van der Waals surface area contributed by atoms with Crippen molar-refractivity contribution >= 4 is 11.9 Å². The van der Waals surface area contributed by atoms with E-state index in [0.717, 1.165) is 44.9 Å². The second-order valence-electron chi connectivity index (χ2n) is 16.4. The molecular weight excluding hydrogens is 865 g/mol. The molecule has 15 heteroatoms. The molecule has 11 atom stereocenters. The van der Waals surface area contributed by atoms with Gasteiger partial charge in [-0.25, -0.2) is 0 Å². The SMILES string of the molecule is CC/C=C/C=C/C=C/C=C/C=C/CCCC(=O)OC(COC(=O)CCCCCCC/C=C/C=C/C=C/C=C/CCCCC)CO[C@@H]1O[C@H](CO[C@@H]2O[C@H](CO)[C@H](O)C(O)C2O)[C@H](O)C(O)C1O. The fourth-order valence-electron chi connectivity index (χ4n) is 6.73. The molecule has 2 rings (SSSR count). The highest BCUT2D eigenvalue weighted by Gasteiger charge is 2.47. The lowest BCUT2D eigenvalue weighted by Crippen LogP contribution is -2.61. The molecule has 0 amide bonds. The molecule has 0 aromatic rings. The van der Waals surface area contributed by atoms with Crippen molar-refractivity contribution in [1.82, 2.24) is 0 Å². The number of hydrogen-bond donors (Lipinski definition) is 7. The van der Waals surface area contributed by atoms with E-state index in [-0.39, 0.29) is 19.4 Å². The maximum atomic E-state index is 12.9. The summed E-state index contributed by atoms with van der Waals surface area (Å²) in [5.41, 5.74) is 0. The van der Waals surface area contributed by atoms with Gasteiger partial charge < -0.3 is 64.2 Å². The first-order valence-electron chi connectivity index (χ1n) is 24.1. The van der Waals surface area contributed by atoms with Crippen molar-refractivity contribution < 1.29 is 73.8 Å². The standard InChI is InChI=1S/C52H80O15/c1-3-5-7-9-11-13-15-17-18-19-20-21-23-24-26-28-30-32-34-43(54)62-37-40(65-44(55)35-33-31-29-27-25-22-16-14-12-10-8-6-4-2)38-63-51-50(61)48(59)46(57)42(67-51)39-64-52-49(60)47(58)45(56)41(36-53)66-52/h6,8,10-22,25,27,29,40-42,45-53,56-61H,3-5,7,9,23-24,26,28,30-39H2,1-2H3/b8-6+,12-10+,13-11+,16-14+,17-15+,19-18+,21-20+,25-22+,29-27+/t40?,41-,42-,45+,46+,47?,48?,49?,50?,51-,52-/m1/s1. The molecule has 0 aromatic heterocycles. The molecule has 2 aliphatic heterocycles. The first-order chi connectivity index (χ1) is 32.5. The molecule has 0 aromatic carbocycles. The van der Waals surface area contributed by atoms with Gasteiger partial charge in [-0.05, 0) is 51.4 Å². The van der Waals surface area contributed by atoms with Crippen molar-refractivity contribution in [2.24, 2.45) is 0 Å². The molecule has 0 aliphatic carbocycles. The molecule has 5 unspecified atom stereocenters. The highest BCUT2D eigenvalue weighted by Crippen LogP contribution is 2.26. The van der Waals surface area contributed by atoms with E-state index in [4.69, 9.17) is 28.4 Å². The topological polar surface area (TPSA) is 231 Å². The van der Waals surface area contributed by atoms with E-state index in [2.05, 4.69) is 38.2 Å². The maximum Gasteiger partial charge on any atom is 0.306 e. The molecule has 0 saturated carbocycles. The Morgan fingerprint density at radius 2 is 0.955 bits per heavy atom. The summed E-state index contributed by atoms with van der Waals surface area (Å²) in [6.07, 6.45) is 31.3. The summed E-state index contributed by atoms with van der Waals surface area (Å²) in [7, 11) is 0. The maximum absolute atomic E-state index is 12.9. The van der Waals surface area contributed by atoms with Crippen molar-refractivity contribution in [3.63, 3.8) is 0 Å². The highest BCUT2D eigenvalue weighted by molar-refractivity contribution is 5.70. The van der Waals surface area contributed by atoms with Crippen LogP contribution in [0.5, 0.6) is 0 Å². The van der Waals surface area contributed by atoms with Gasteiger partial charge in [-0.2, -0.15) is 0 Å². The van der Waals surface area contributed by atoms with E-state index in [1.54, 1.807) is 0 Å². The largest absolute Gasteiger partial charge is 0.462 e. The number of aliphatic hydroxyl groups is 7. The molecule has 7 N–H and O–H groups in total. The van der Waals surface area contributed by atoms with Gasteiger partial charge in [-0.3, -0.25) is 9.59 Å². The summed E-state index contributed by atoms with van der Waals surface area (Å²) in [6, 6.07) is 0. The molecule has 2 aliphatic rings. The van der Waals surface area contributed by atoms with Crippen LogP contribution < -0.4 is 0 Å². The Labute approximate surface area is 398 Å². The van der Waals surface area contributed by atoms with Gasteiger partial charge in [0.05, 0.1) is 19.8 Å². The Hall–Kier alpha value is -3.84. The first-order valence-corrected chi connectivity index (χ1v) is 24.1. The van der Waals surface area contributed by atoms with E-state index < -0.39 is 99.3 Å². The molecule has 2 fully saturated rings. The quantitative estimate of drug-likeness (QED) is 0.0224. The number of aliphatic hydroxyl groups excluding tert-OH is 7. The number of hydrogen-bond acceptors (Lipinski definition) is 15. The molecular formula is C52H80O15. The van der Waals surface area contributed by atoms with Crippen LogP contribution in [-0.4, -0.2) is 142 Å². The van der Waals surface area contributed by atoms with Crippen molar-refractivity contribution in [3.8, 4) is 0 Å². The van der Waals surface area contributed by atoms with Gasteiger partial charge >= 0.3 is 11.9 Å². The second kappa shape index (κ2) is 38.1. The number of rotatable bonds is 34. The van der Waals surface area contributed by atoms with Gasteiger partial charge in [-0.15, -0.1) is 0 Å². The number of unbranched alkanes of at least 4 members (excludes halogenated alkanes) is 9. The zero-order chi connectivity index (χ0) is 48.9. The minimum absolute atomic E-state index is 0.0558. The molecule has 0 bridgehead atoms. The van der Waals surface area contributed by atoms with Crippen LogP contribution in [-0.2, 0) is 38.0 Å². The van der Waals surface area contributed by atoms with Gasteiger partial charge in [0.2, 0.25) is 0 Å². The Bertz CT molecular complexity index is 1580. The Balaban J connectivity index is 1.87. The van der Waals surface area contributed by atoms with E-state index in [9.17, 15) is 45.3 Å². The predicted octanol–water partition coefficient (Wildman–Crippen LogP) is 5.98. The summed E-state index contributed by atoms with van der Waals surface area (Å²) < 4.78 is 33.4. The minimum atomic E-state index is -1.79.